The molecule has 0 saturated carbocycles. The maximum atomic E-state index is 10.2. The van der Waals surface area contributed by atoms with Crippen LogP contribution >= 0.6 is 0 Å². The molecule has 0 aromatic heterocycles. The van der Waals surface area contributed by atoms with E-state index in [0.717, 1.165) is 11.1 Å². The van der Waals surface area contributed by atoms with Crippen LogP contribution in [0.5, 0.6) is 0 Å². The van der Waals surface area contributed by atoms with E-state index in [1.165, 1.54) is 0 Å². The summed E-state index contributed by atoms with van der Waals surface area (Å²) in [6, 6.07) is 9.92. The van der Waals surface area contributed by atoms with E-state index in [1.54, 1.807) is 0 Å². The van der Waals surface area contributed by atoms with Gasteiger partial charge in [0, 0.05) is 6.61 Å². The third-order valence-electron chi connectivity index (χ3n) is 3.45. The fourth-order valence-electron chi connectivity index (χ4n) is 2.20. The first kappa shape index (κ1) is 13.3. The zero-order valence-electron chi connectivity index (χ0n) is 10.8. The monoisotopic (exact) mass is 248 g/mol. The summed E-state index contributed by atoms with van der Waals surface area (Å²) in [5.41, 5.74) is 1.12. The predicted molar refractivity (Wildman–Crippen MR) is 70.2 cm³/mol. The number of hydrogen-bond acceptors (Lipinski definition) is 3. The van der Waals surface area contributed by atoms with Crippen molar-refractivity contribution in [3.05, 3.63) is 48.0 Å². The van der Waals surface area contributed by atoms with E-state index in [-0.39, 0.29) is 0 Å². The van der Waals surface area contributed by atoms with Crippen LogP contribution in [0.4, 0.5) is 0 Å². The third-order valence-corrected chi connectivity index (χ3v) is 3.45. The Morgan fingerprint density at radius 2 is 2.22 bits per heavy atom. The summed E-state index contributed by atoms with van der Waals surface area (Å²) in [5.74, 6) is 0. The van der Waals surface area contributed by atoms with Gasteiger partial charge in [-0.1, -0.05) is 36.9 Å². The first-order chi connectivity index (χ1) is 8.65. The lowest BCUT2D eigenvalue weighted by molar-refractivity contribution is -0.174. The molecule has 1 heterocycles. The van der Waals surface area contributed by atoms with Gasteiger partial charge in [0.1, 0.15) is 5.60 Å². The molecule has 1 N–H and O–H groups in total. The van der Waals surface area contributed by atoms with Gasteiger partial charge in [-0.2, -0.15) is 0 Å². The van der Waals surface area contributed by atoms with Crippen molar-refractivity contribution < 1.29 is 14.6 Å². The predicted octanol–water partition coefficient (Wildman–Crippen LogP) is 2.30. The number of aliphatic hydroxyl groups is 1. The van der Waals surface area contributed by atoms with Gasteiger partial charge < -0.3 is 14.6 Å². The van der Waals surface area contributed by atoms with Crippen LogP contribution in [0.25, 0.3) is 0 Å². The Balaban J connectivity index is 2.09. The Labute approximate surface area is 108 Å². The van der Waals surface area contributed by atoms with E-state index in [2.05, 4.69) is 6.58 Å². The van der Waals surface area contributed by atoms with E-state index in [4.69, 9.17) is 9.47 Å². The standard InChI is InChI=1S/C15H20O3/c1-12(2)15(11-17-9-8-14(15)16)18-10-13-6-4-3-5-7-13/h3-7,14,16H,1,8-11H2,2H3/t14-,15+/m1/s1. The molecule has 3 nitrogen and oxygen atoms in total. The van der Waals surface area contributed by atoms with Crippen LogP contribution in [0, 0.1) is 0 Å². The lowest BCUT2D eigenvalue weighted by atomic mass is 9.86. The summed E-state index contributed by atoms with van der Waals surface area (Å²) in [4.78, 5) is 0. The van der Waals surface area contributed by atoms with Gasteiger partial charge in [-0.15, -0.1) is 0 Å². The molecule has 1 aliphatic heterocycles. The molecule has 0 bridgehead atoms. The number of hydrogen-bond donors (Lipinski definition) is 1. The van der Waals surface area contributed by atoms with Crippen molar-refractivity contribution >= 4 is 0 Å². The van der Waals surface area contributed by atoms with Gasteiger partial charge in [-0.3, -0.25) is 0 Å². The van der Waals surface area contributed by atoms with Crippen molar-refractivity contribution in [3.8, 4) is 0 Å². The molecule has 2 atom stereocenters. The zero-order chi connectivity index (χ0) is 13.0. The molecule has 1 saturated heterocycles. The first-order valence-electron chi connectivity index (χ1n) is 6.25. The Bertz CT molecular complexity index is 401. The molecule has 0 amide bonds. The van der Waals surface area contributed by atoms with Crippen LogP contribution in [0.3, 0.4) is 0 Å². The minimum absolute atomic E-state index is 0.371. The maximum absolute atomic E-state index is 10.2. The summed E-state index contributed by atoms with van der Waals surface area (Å²) in [7, 11) is 0. The largest absolute Gasteiger partial charge is 0.390 e. The Hall–Kier alpha value is -1.16. The van der Waals surface area contributed by atoms with E-state index in [0.29, 0.717) is 26.2 Å². The molecule has 2 rings (SSSR count). The summed E-state index contributed by atoms with van der Waals surface area (Å²) in [6.45, 7) is 7.22. The van der Waals surface area contributed by atoms with Gasteiger partial charge in [0.25, 0.3) is 0 Å². The van der Waals surface area contributed by atoms with Gasteiger partial charge in [0.05, 0.1) is 19.3 Å². The minimum atomic E-state index is -0.770. The van der Waals surface area contributed by atoms with Crippen LogP contribution in [-0.2, 0) is 16.1 Å². The second kappa shape index (κ2) is 5.65. The molecular formula is C15H20O3. The Kier molecular flexibility index (Phi) is 4.17. The zero-order valence-corrected chi connectivity index (χ0v) is 10.8. The Morgan fingerprint density at radius 3 is 2.83 bits per heavy atom. The summed E-state index contributed by atoms with van der Waals surface area (Å²) in [6.07, 6.45) is 0.0363. The number of rotatable bonds is 4. The molecule has 0 spiro atoms. The quantitative estimate of drug-likeness (QED) is 0.831. The highest BCUT2D eigenvalue weighted by Crippen LogP contribution is 2.31. The molecule has 1 aromatic carbocycles. The van der Waals surface area contributed by atoms with Crippen LogP contribution in [0.2, 0.25) is 0 Å². The van der Waals surface area contributed by atoms with Gasteiger partial charge in [0.2, 0.25) is 0 Å². The SMILES string of the molecule is C=C(C)[C@@]1(OCc2ccccc2)COCC[C@H]1O. The summed E-state index contributed by atoms with van der Waals surface area (Å²) >= 11 is 0. The molecule has 0 unspecified atom stereocenters. The lowest BCUT2D eigenvalue weighted by Crippen LogP contribution is -2.53. The molecule has 0 aliphatic carbocycles. The van der Waals surface area contributed by atoms with Crippen molar-refractivity contribution in [2.24, 2.45) is 0 Å². The van der Waals surface area contributed by atoms with Crippen LogP contribution in [-0.4, -0.2) is 30.0 Å². The third kappa shape index (κ3) is 2.64. The fourth-order valence-corrected chi connectivity index (χ4v) is 2.20. The van der Waals surface area contributed by atoms with Crippen molar-refractivity contribution in [2.75, 3.05) is 13.2 Å². The second-order valence-electron chi connectivity index (χ2n) is 4.80. The normalized spacial score (nSPS) is 28.0. The Morgan fingerprint density at radius 1 is 1.50 bits per heavy atom. The molecule has 3 heteroatoms. The molecule has 1 aliphatic rings. The van der Waals surface area contributed by atoms with Crippen molar-refractivity contribution in [3.63, 3.8) is 0 Å². The van der Waals surface area contributed by atoms with Crippen molar-refractivity contribution in [1.29, 1.82) is 0 Å². The van der Waals surface area contributed by atoms with Gasteiger partial charge in [-0.05, 0) is 24.5 Å². The summed E-state index contributed by atoms with van der Waals surface area (Å²) in [5, 5.41) is 10.2. The van der Waals surface area contributed by atoms with E-state index >= 15 is 0 Å². The molecule has 18 heavy (non-hydrogen) atoms. The highest BCUT2D eigenvalue weighted by atomic mass is 16.6. The topological polar surface area (TPSA) is 38.7 Å². The smallest absolute Gasteiger partial charge is 0.138 e. The van der Waals surface area contributed by atoms with Gasteiger partial charge in [-0.25, -0.2) is 0 Å². The highest BCUT2D eigenvalue weighted by Gasteiger charge is 2.42. The van der Waals surface area contributed by atoms with Crippen molar-refractivity contribution in [1.82, 2.24) is 0 Å². The maximum Gasteiger partial charge on any atom is 0.138 e. The molecule has 98 valence electrons. The van der Waals surface area contributed by atoms with Crippen LogP contribution in [0.15, 0.2) is 42.5 Å². The number of benzene rings is 1. The molecule has 1 fully saturated rings. The molecule has 0 radical (unpaired) electrons. The van der Waals surface area contributed by atoms with E-state index < -0.39 is 11.7 Å². The average molecular weight is 248 g/mol. The molecule has 1 aromatic rings. The number of aliphatic hydroxyl groups excluding tert-OH is 1. The van der Waals surface area contributed by atoms with Crippen LogP contribution in [0.1, 0.15) is 18.9 Å². The second-order valence-corrected chi connectivity index (χ2v) is 4.80. The van der Waals surface area contributed by atoms with Gasteiger partial charge >= 0.3 is 0 Å². The highest BCUT2D eigenvalue weighted by molar-refractivity contribution is 5.18. The fraction of sp³-hybridized carbons (Fsp3) is 0.467. The van der Waals surface area contributed by atoms with E-state index in [9.17, 15) is 5.11 Å². The average Bonchev–Trinajstić information content (AvgIpc) is 2.39. The minimum Gasteiger partial charge on any atom is -0.390 e. The lowest BCUT2D eigenvalue weighted by Gasteiger charge is -2.41. The van der Waals surface area contributed by atoms with Gasteiger partial charge in [0.15, 0.2) is 0 Å². The van der Waals surface area contributed by atoms with E-state index in [1.807, 2.05) is 37.3 Å². The summed E-state index contributed by atoms with van der Waals surface area (Å²) < 4.78 is 11.4. The van der Waals surface area contributed by atoms with Crippen LogP contribution < -0.4 is 0 Å². The first-order valence-corrected chi connectivity index (χ1v) is 6.25. The van der Waals surface area contributed by atoms with Crippen molar-refractivity contribution in [2.45, 2.75) is 31.7 Å². The number of ether oxygens (including phenoxy) is 2. The molecular weight excluding hydrogens is 228 g/mol.